The number of aryl methyl sites for hydroxylation is 1. The van der Waals surface area contributed by atoms with Gasteiger partial charge >= 0.3 is 0 Å². The molecule has 0 spiro atoms. The molecular weight excluding hydrogens is 326 g/mol. The Balaban J connectivity index is 1.64. The number of para-hydroxylation sites is 1. The highest BCUT2D eigenvalue weighted by Crippen LogP contribution is 2.29. The summed E-state index contributed by atoms with van der Waals surface area (Å²) >= 11 is 0. The second-order valence-corrected chi connectivity index (χ2v) is 7.09. The van der Waals surface area contributed by atoms with Gasteiger partial charge in [-0.2, -0.15) is 0 Å². The lowest BCUT2D eigenvalue weighted by Gasteiger charge is -2.26. The van der Waals surface area contributed by atoms with E-state index in [9.17, 15) is 9.59 Å². The third-order valence-corrected chi connectivity index (χ3v) is 5.36. The Bertz CT molecular complexity index is 1010. The first-order valence-corrected chi connectivity index (χ1v) is 9.07. The van der Waals surface area contributed by atoms with Crippen LogP contribution in [0.25, 0.3) is 21.8 Å². The second kappa shape index (κ2) is 6.48. The van der Waals surface area contributed by atoms with Crippen LogP contribution in [0.15, 0.2) is 42.5 Å². The molecule has 1 N–H and O–H groups in total. The number of benzene rings is 2. The van der Waals surface area contributed by atoms with Crippen LogP contribution in [-0.4, -0.2) is 40.4 Å². The third-order valence-electron chi connectivity index (χ3n) is 5.36. The number of carbonyl (C=O) groups is 2. The molecule has 0 aliphatic carbocycles. The summed E-state index contributed by atoms with van der Waals surface area (Å²) < 4.78 is 2.18. The van der Waals surface area contributed by atoms with E-state index in [1.54, 1.807) is 0 Å². The van der Waals surface area contributed by atoms with Crippen LogP contribution in [0.4, 0.5) is 0 Å². The van der Waals surface area contributed by atoms with Crippen molar-refractivity contribution in [1.29, 1.82) is 0 Å². The molecule has 2 aromatic carbocycles. The Morgan fingerprint density at radius 2 is 1.92 bits per heavy atom. The maximum Gasteiger partial charge on any atom is 0.227 e. The molecule has 0 bridgehead atoms. The molecule has 0 saturated carbocycles. The molecule has 2 amide bonds. The van der Waals surface area contributed by atoms with Crippen LogP contribution in [-0.2, 0) is 23.1 Å². The predicted molar refractivity (Wildman–Crippen MR) is 103 cm³/mol. The fraction of sp³-hybridized carbons (Fsp3) is 0.333. The maximum absolute atomic E-state index is 12.8. The Labute approximate surface area is 152 Å². The lowest BCUT2D eigenvalue weighted by Crippen LogP contribution is -2.42. The fourth-order valence-corrected chi connectivity index (χ4v) is 3.87. The highest BCUT2D eigenvalue weighted by atomic mass is 16.2. The number of amides is 2. The largest absolute Gasteiger partial charge is 0.354 e. The number of fused-ring (bicyclic) bond motifs is 3. The van der Waals surface area contributed by atoms with Crippen LogP contribution in [0, 0.1) is 0 Å². The van der Waals surface area contributed by atoms with Crippen molar-refractivity contribution in [3.63, 3.8) is 0 Å². The summed E-state index contributed by atoms with van der Waals surface area (Å²) in [5.41, 5.74) is 3.37. The van der Waals surface area contributed by atoms with Crippen molar-refractivity contribution in [2.45, 2.75) is 25.8 Å². The van der Waals surface area contributed by atoms with Crippen molar-refractivity contribution in [2.75, 3.05) is 13.1 Å². The summed E-state index contributed by atoms with van der Waals surface area (Å²) in [5, 5.41) is 5.24. The summed E-state index contributed by atoms with van der Waals surface area (Å²) in [4.78, 5) is 26.2. The molecule has 2 heterocycles. The van der Waals surface area contributed by atoms with Crippen LogP contribution in [0.1, 0.15) is 18.9 Å². The second-order valence-electron chi connectivity index (χ2n) is 7.09. The summed E-state index contributed by atoms with van der Waals surface area (Å²) in [6.07, 6.45) is 0.732. The number of nitrogens with one attached hydrogen (secondary N) is 1. The monoisotopic (exact) mass is 349 g/mol. The van der Waals surface area contributed by atoms with Gasteiger partial charge in [-0.3, -0.25) is 9.59 Å². The minimum absolute atomic E-state index is 0.0179. The minimum atomic E-state index is 0.0179. The molecule has 134 valence electrons. The standard InChI is InChI=1S/C21H23N3O2/c1-14-13-22-20(25)9-10-24(14)21(26)12-15-7-8-19-17(11-15)16-5-3-4-6-18(16)23(19)2/h3-8,11,14H,9-10,12-13H2,1-2H3,(H,22,25)/t14-/m1/s1. The normalized spacial score (nSPS) is 18.2. The van der Waals surface area contributed by atoms with Gasteiger partial charge in [0, 0.05) is 54.4 Å². The van der Waals surface area contributed by atoms with Crippen molar-refractivity contribution < 1.29 is 9.59 Å². The van der Waals surface area contributed by atoms with Crippen molar-refractivity contribution in [3.8, 4) is 0 Å². The summed E-state index contributed by atoms with van der Waals surface area (Å²) in [6, 6.07) is 14.6. The molecule has 1 fully saturated rings. The van der Waals surface area contributed by atoms with Gasteiger partial charge < -0.3 is 14.8 Å². The van der Waals surface area contributed by atoms with Crippen LogP contribution in [0.2, 0.25) is 0 Å². The Hall–Kier alpha value is -2.82. The zero-order valence-electron chi connectivity index (χ0n) is 15.2. The van der Waals surface area contributed by atoms with Crippen molar-refractivity contribution in [2.24, 2.45) is 7.05 Å². The smallest absolute Gasteiger partial charge is 0.227 e. The molecule has 1 saturated heterocycles. The van der Waals surface area contributed by atoms with Gasteiger partial charge in [0.25, 0.3) is 0 Å². The van der Waals surface area contributed by atoms with Gasteiger partial charge in [0.2, 0.25) is 11.8 Å². The minimum Gasteiger partial charge on any atom is -0.354 e. The predicted octanol–water partition coefficient (Wildman–Crippen LogP) is 2.61. The lowest BCUT2D eigenvalue weighted by atomic mass is 10.1. The van der Waals surface area contributed by atoms with E-state index in [4.69, 9.17) is 0 Å². The van der Waals surface area contributed by atoms with E-state index in [0.717, 1.165) is 5.56 Å². The van der Waals surface area contributed by atoms with E-state index >= 15 is 0 Å². The molecule has 0 radical (unpaired) electrons. The average molecular weight is 349 g/mol. The summed E-state index contributed by atoms with van der Waals surface area (Å²) in [6.45, 7) is 2.99. The van der Waals surface area contributed by atoms with E-state index in [1.807, 2.05) is 30.0 Å². The van der Waals surface area contributed by atoms with Gasteiger partial charge in [0.1, 0.15) is 0 Å². The summed E-state index contributed by atoms with van der Waals surface area (Å²) in [7, 11) is 2.07. The molecule has 0 unspecified atom stereocenters. The number of hydrogen-bond donors (Lipinski definition) is 1. The van der Waals surface area contributed by atoms with Crippen LogP contribution in [0.3, 0.4) is 0 Å². The first kappa shape index (κ1) is 16.6. The third kappa shape index (κ3) is 2.83. The highest BCUT2D eigenvalue weighted by Gasteiger charge is 2.24. The molecular formula is C21H23N3O2. The molecule has 5 nitrogen and oxygen atoms in total. The summed E-state index contributed by atoms with van der Waals surface area (Å²) in [5.74, 6) is 0.0953. The zero-order valence-corrected chi connectivity index (χ0v) is 15.2. The Morgan fingerprint density at radius 1 is 1.15 bits per heavy atom. The zero-order chi connectivity index (χ0) is 18.3. The Kier molecular flexibility index (Phi) is 4.15. The van der Waals surface area contributed by atoms with Gasteiger partial charge in [-0.25, -0.2) is 0 Å². The molecule has 4 rings (SSSR count). The van der Waals surface area contributed by atoms with E-state index in [-0.39, 0.29) is 17.9 Å². The first-order chi connectivity index (χ1) is 12.5. The van der Waals surface area contributed by atoms with Gasteiger partial charge in [0.05, 0.1) is 6.42 Å². The van der Waals surface area contributed by atoms with Crippen molar-refractivity contribution in [1.82, 2.24) is 14.8 Å². The van der Waals surface area contributed by atoms with Gasteiger partial charge in [-0.05, 0) is 30.7 Å². The molecule has 5 heteroatoms. The van der Waals surface area contributed by atoms with E-state index in [2.05, 4.69) is 41.2 Å². The van der Waals surface area contributed by atoms with Crippen LogP contribution >= 0.6 is 0 Å². The SMILES string of the molecule is C[C@@H]1CNC(=O)CCN1C(=O)Cc1ccc2c(c1)c1ccccc1n2C. The number of rotatable bonds is 2. The molecule has 26 heavy (non-hydrogen) atoms. The number of nitrogens with zero attached hydrogens (tertiary/aromatic N) is 2. The number of hydrogen-bond acceptors (Lipinski definition) is 2. The van der Waals surface area contributed by atoms with Gasteiger partial charge in [0.15, 0.2) is 0 Å². The average Bonchev–Trinajstić information content (AvgIpc) is 2.80. The van der Waals surface area contributed by atoms with Crippen LogP contribution in [0.5, 0.6) is 0 Å². The quantitative estimate of drug-likeness (QED) is 0.773. The van der Waals surface area contributed by atoms with Gasteiger partial charge in [-0.15, -0.1) is 0 Å². The van der Waals surface area contributed by atoms with Crippen LogP contribution < -0.4 is 5.32 Å². The lowest BCUT2D eigenvalue weighted by molar-refractivity contribution is -0.132. The molecule has 1 aliphatic heterocycles. The fourth-order valence-electron chi connectivity index (χ4n) is 3.87. The topological polar surface area (TPSA) is 54.3 Å². The molecule has 1 atom stereocenters. The highest BCUT2D eigenvalue weighted by molar-refractivity contribution is 6.08. The maximum atomic E-state index is 12.8. The number of aromatic nitrogens is 1. The molecule has 3 aromatic rings. The first-order valence-electron chi connectivity index (χ1n) is 9.07. The van der Waals surface area contributed by atoms with E-state index in [0.29, 0.717) is 25.9 Å². The van der Waals surface area contributed by atoms with Crippen molar-refractivity contribution >= 4 is 33.6 Å². The van der Waals surface area contributed by atoms with E-state index in [1.165, 1.54) is 21.8 Å². The molecule has 1 aromatic heterocycles. The molecule has 1 aliphatic rings. The van der Waals surface area contributed by atoms with Crippen molar-refractivity contribution in [3.05, 3.63) is 48.0 Å². The van der Waals surface area contributed by atoms with E-state index < -0.39 is 0 Å². The van der Waals surface area contributed by atoms with Gasteiger partial charge in [-0.1, -0.05) is 24.3 Å². The Morgan fingerprint density at radius 3 is 2.77 bits per heavy atom. The number of carbonyl (C=O) groups excluding carboxylic acids is 2.